The molecule has 0 fully saturated rings. The number of H-pyrrole nitrogens is 1. The number of nitrogens with zero attached hydrogens (tertiary/aromatic N) is 3. The molecule has 0 radical (unpaired) electrons. The number of fused-ring (bicyclic) bond motifs is 1. The van der Waals surface area contributed by atoms with Crippen molar-refractivity contribution in [2.24, 2.45) is 0 Å². The Kier molecular flexibility index (Phi) is 2.64. The molecule has 1 aromatic carbocycles. The molecule has 3 aromatic rings. The highest BCUT2D eigenvalue weighted by molar-refractivity contribution is 5.76. The summed E-state index contributed by atoms with van der Waals surface area (Å²) in [5.74, 6) is 1.56. The molecule has 0 bridgehead atoms. The minimum Gasteiger partial charge on any atom is -0.493 e. The second kappa shape index (κ2) is 4.44. The molecule has 90 valence electrons. The van der Waals surface area contributed by atoms with Gasteiger partial charge in [0.05, 0.1) is 18.4 Å². The fraction of sp³-hybridized carbons (Fsp3) is 0.154. The fourth-order valence-electron chi connectivity index (χ4n) is 1.83. The zero-order valence-electron chi connectivity index (χ0n) is 9.92. The molecule has 0 aliphatic carbocycles. The van der Waals surface area contributed by atoms with Gasteiger partial charge < -0.3 is 9.72 Å². The first-order chi connectivity index (χ1) is 8.88. The SMILES string of the molecule is CCOc1ccccc1-c1nc2ncncc2[nH]1. The molecule has 0 unspecified atom stereocenters. The summed E-state index contributed by atoms with van der Waals surface area (Å²) in [6.07, 6.45) is 3.20. The first-order valence-electron chi connectivity index (χ1n) is 5.76. The molecule has 2 aromatic heterocycles. The lowest BCUT2D eigenvalue weighted by molar-refractivity contribution is 0.341. The van der Waals surface area contributed by atoms with Crippen LogP contribution >= 0.6 is 0 Å². The van der Waals surface area contributed by atoms with Crippen LogP contribution in [0.3, 0.4) is 0 Å². The summed E-state index contributed by atoms with van der Waals surface area (Å²) in [6, 6.07) is 7.79. The summed E-state index contributed by atoms with van der Waals surface area (Å²) in [5, 5.41) is 0. The average Bonchev–Trinajstić information content (AvgIpc) is 2.83. The number of nitrogens with one attached hydrogen (secondary N) is 1. The van der Waals surface area contributed by atoms with E-state index in [-0.39, 0.29) is 0 Å². The molecule has 3 rings (SSSR count). The van der Waals surface area contributed by atoms with Crippen molar-refractivity contribution in [1.82, 2.24) is 19.9 Å². The third kappa shape index (κ3) is 1.79. The second-order valence-electron chi connectivity index (χ2n) is 3.77. The van der Waals surface area contributed by atoms with Crippen LogP contribution in [0.25, 0.3) is 22.6 Å². The first-order valence-corrected chi connectivity index (χ1v) is 5.76. The van der Waals surface area contributed by atoms with Crippen LogP contribution in [0.5, 0.6) is 5.75 Å². The van der Waals surface area contributed by atoms with Crippen LogP contribution in [-0.4, -0.2) is 26.5 Å². The maximum absolute atomic E-state index is 5.59. The molecule has 0 aliphatic rings. The Morgan fingerprint density at radius 3 is 3.00 bits per heavy atom. The maximum Gasteiger partial charge on any atom is 0.181 e. The second-order valence-corrected chi connectivity index (χ2v) is 3.77. The van der Waals surface area contributed by atoms with Crippen molar-refractivity contribution >= 4 is 11.2 Å². The van der Waals surface area contributed by atoms with E-state index in [4.69, 9.17) is 4.74 Å². The average molecular weight is 240 g/mol. The standard InChI is InChI=1S/C13H12N4O/c1-2-18-11-6-4-3-5-9(11)12-16-10-7-14-8-15-13(10)17-12/h3-8H,2H2,1H3,(H,14,15,16,17). The van der Waals surface area contributed by atoms with E-state index in [1.54, 1.807) is 6.20 Å². The van der Waals surface area contributed by atoms with E-state index in [1.807, 2.05) is 31.2 Å². The molecule has 1 N–H and O–H groups in total. The van der Waals surface area contributed by atoms with Gasteiger partial charge in [-0.2, -0.15) is 0 Å². The molecule has 0 saturated heterocycles. The van der Waals surface area contributed by atoms with Crippen LogP contribution in [0.2, 0.25) is 0 Å². The molecule has 5 nitrogen and oxygen atoms in total. The lowest BCUT2D eigenvalue weighted by atomic mass is 10.2. The lowest BCUT2D eigenvalue weighted by Gasteiger charge is -2.07. The number of para-hydroxylation sites is 1. The Morgan fingerprint density at radius 2 is 2.17 bits per heavy atom. The highest BCUT2D eigenvalue weighted by atomic mass is 16.5. The smallest absolute Gasteiger partial charge is 0.181 e. The summed E-state index contributed by atoms with van der Waals surface area (Å²) in [4.78, 5) is 15.7. The van der Waals surface area contributed by atoms with Gasteiger partial charge >= 0.3 is 0 Å². The molecule has 0 spiro atoms. The van der Waals surface area contributed by atoms with Gasteiger partial charge in [0.2, 0.25) is 0 Å². The predicted molar refractivity (Wildman–Crippen MR) is 68.3 cm³/mol. The topological polar surface area (TPSA) is 63.7 Å². The van der Waals surface area contributed by atoms with Crippen LogP contribution in [0.1, 0.15) is 6.92 Å². The Morgan fingerprint density at radius 1 is 1.28 bits per heavy atom. The minimum absolute atomic E-state index is 0.622. The third-order valence-corrected chi connectivity index (χ3v) is 2.60. The van der Waals surface area contributed by atoms with Gasteiger partial charge in [-0.3, -0.25) is 0 Å². The van der Waals surface area contributed by atoms with Crippen molar-refractivity contribution in [3.05, 3.63) is 36.8 Å². The maximum atomic E-state index is 5.59. The van der Waals surface area contributed by atoms with Gasteiger partial charge in [-0.15, -0.1) is 0 Å². The number of aromatic amines is 1. The van der Waals surface area contributed by atoms with Gasteiger partial charge in [-0.25, -0.2) is 15.0 Å². The Bertz CT molecular complexity index is 644. The largest absolute Gasteiger partial charge is 0.493 e. The molecule has 0 aliphatic heterocycles. The molecule has 0 saturated carbocycles. The number of benzene rings is 1. The van der Waals surface area contributed by atoms with E-state index in [9.17, 15) is 0 Å². The summed E-state index contributed by atoms with van der Waals surface area (Å²) in [7, 11) is 0. The predicted octanol–water partition coefficient (Wildman–Crippen LogP) is 2.42. The quantitative estimate of drug-likeness (QED) is 0.763. The fourth-order valence-corrected chi connectivity index (χ4v) is 1.83. The van der Waals surface area contributed by atoms with Crippen LogP contribution in [0, 0.1) is 0 Å². The normalized spacial score (nSPS) is 10.7. The molecule has 18 heavy (non-hydrogen) atoms. The summed E-state index contributed by atoms with van der Waals surface area (Å²) in [6.45, 7) is 2.58. The van der Waals surface area contributed by atoms with Crippen LogP contribution in [-0.2, 0) is 0 Å². The third-order valence-electron chi connectivity index (χ3n) is 2.60. The van der Waals surface area contributed by atoms with Crippen LogP contribution in [0.15, 0.2) is 36.8 Å². The number of imidazole rings is 1. The van der Waals surface area contributed by atoms with Crippen molar-refractivity contribution in [3.63, 3.8) is 0 Å². The highest BCUT2D eigenvalue weighted by Gasteiger charge is 2.10. The Labute approximate surface area is 104 Å². The summed E-state index contributed by atoms with van der Waals surface area (Å²) in [5.41, 5.74) is 2.41. The van der Waals surface area contributed by atoms with Gasteiger partial charge in [-0.1, -0.05) is 12.1 Å². The van der Waals surface area contributed by atoms with Gasteiger partial charge in [-0.05, 0) is 19.1 Å². The van der Waals surface area contributed by atoms with E-state index >= 15 is 0 Å². The minimum atomic E-state index is 0.622. The molecule has 5 heteroatoms. The number of ether oxygens (including phenoxy) is 1. The van der Waals surface area contributed by atoms with Crippen LogP contribution < -0.4 is 4.74 Å². The Hall–Kier alpha value is -2.43. The van der Waals surface area contributed by atoms with Gasteiger partial charge in [0, 0.05) is 0 Å². The molecular formula is C13H12N4O. The molecular weight excluding hydrogens is 228 g/mol. The van der Waals surface area contributed by atoms with E-state index < -0.39 is 0 Å². The van der Waals surface area contributed by atoms with Crippen molar-refractivity contribution < 1.29 is 4.74 Å². The van der Waals surface area contributed by atoms with E-state index in [2.05, 4.69) is 19.9 Å². The number of hydrogen-bond acceptors (Lipinski definition) is 4. The first kappa shape index (κ1) is 10.7. The number of hydrogen-bond donors (Lipinski definition) is 1. The molecule has 0 atom stereocenters. The highest BCUT2D eigenvalue weighted by Crippen LogP contribution is 2.28. The van der Waals surface area contributed by atoms with E-state index in [1.165, 1.54) is 6.33 Å². The summed E-state index contributed by atoms with van der Waals surface area (Å²) < 4.78 is 5.59. The van der Waals surface area contributed by atoms with E-state index in [0.29, 0.717) is 12.3 Å². The van der Waals surface area contributed by atoms with Crippen molar-refractivity contribution in [2.75, 3.05) is 6.61 Å². The zero-order chi connectivity index (χ0) is 12.4. The zero-order valence-corrected chi connectivity index (χ0v) is 9.92. The van der Waals surface area contributed by atoms with Gasteiger partial charge in [0.15, 0.2) is 5.65 Å². The molecule has 0 amide bonds. The Balaban J connectivity index is 2.13. The van der Waals surface area contributed by atoms with Gasteiger partial charge in [0.25, 0.3) is 0 Å². The summed E-state index contributed by atoms with van der Waals surface area (Å²) >= 11 is 0. The van der Waals surface area contributed by atoms with Crippen molar-refractivity contribution in [3.8, 4) is 17.1 Å². The van der Waals surface area contributed by atoms with Gasteiger partial charge in [0.1, 0.15) is 23.4 Å². The number of rotatable bonds is 3. The van der Waals surface area contributed by atoms with Crippen molar-refractivity contribution in [1.29, 1.82) is 0 Å². The molecule has 2 heterocycles. The van der Waals surface area contributed by atoms with Crippen molar-refractivity contribution in [2.45, 2.75) is 6.92 Å². The van der Waals surface area contributed by atoms with E-state index in [0.717, 1.165) is 22.7 Å². The monoisotopic (exact) mass is 240 g/mol. The van der Waals surface area contributed by atoms with Crippen LogP contribution in [0.4, 0.5) is 0 Å². The lowest BCUT2D eigenvalue weighted by Crippen LogP contribution is -1.94. The number of aromatic nitrogens is 4.